The van der Waals surface area contributed by atoms with Gasteiger partial charge in [0.15, 0.2) is 12.2 Å². The van der Waals surface area contributed by atoms with Crippen LogP contribution in [0.3, 0.4) is 0 Å². The summed E-state index contributed by atoms with van der Waals surface area (Å²) in [6.45, 7) is 5.70. The van der Waals surface area contributed by atoms with Crippen LogP contribution in [-0.2, 0) is 6.54 Å². The summed E-state index contributed by atoms with van der Waals surface area (Å²) in [6.07, 6.45) is 1.35. The molecule has 0 saturated heterocycles. The Morgan fingerprint density at radius 1 is 1.42 bits per heavy atom. The molecule has 0 atom stereocenters. The quantitative estimate of drug-likeness (QED) is 0.902. The summed E-state index contributed by atoms with van der Waals surface area (Å²) in [5.41, 5.74) is 1.13. The second-order valence-corrected chi connectivity index (χ2v) is 5.60. The molecule has 0 saturated carbocycles. The lowest BCUT2D eigenvalue weighted by Crippen LogP contribution is -2.19. The zero-order chi connectivity index (χ0) is 13.8. The van der Waals surface area contributed by atoms with Crippen molar-refractivity contribution in [1.82, 2.24) is 10.3 Å². The Bertz CT molecular complexity index is 534. The van der Waals surface area contributed by atoms with Gasteiger partial charge in [0, 0.05) is 11.0 Å². The summed E-state index contributed by atoms with van der Waals surface area (Å²) < 4.78 is 19.9. The highest BCUT2D eigenvalue weighted by atomic mass is 79.9. The third-order valence-electron chi connectivity index (χ3n) is 2.68. The molecule has 1 N–H and O–H groups in total. The lowest BCUT2D eigenvalue weighted by atomic mass is 10.1. The van der Waals surface area contributed by atoms with Crippen LogP contribution in [0.15, 0.2) is 33.5 Å². The van der Waals surface area contributed by atoms with Crippen molar-refractivity contribution < 1.29 is 8.81 Å². The van der Waals surface area contributed by atoms with Crippen molar-refractivity contribution in [1.29, 1.82) is 0 Å². The molecule has 2 aromatic rings. The zero-order valence-electron chi connectivity index (χ0n) is 10.9. The standard InChI is InChI=1S/C14H16BrFN2O/c1-9(2)6-17-7-12-14(19-8-18-12)13-10(15)4-3-5-11(13)16/h3-5,8-9,17H,6-7H2,1-2H3. The average Bonchev–Trinajstić information content (AvgIpc) is 2.77. The van der Waals surface area contributed by atoms with Gasteiger partial charge in [-0.3, -0.25) is 0 Å². The van der Waals surface area contributed by atoms with E-state index in [4.69, 9.17) is 4.42 Å². The molecule has 1 aromatic heterocycles. The first-order valence-corrected chi connectivity index (χ1v) is 6.96. The molecular formula is C14H16BrFN2O. The van der Waals surface area contributed by atoms with E-state index in [0.29, 0.717) is 34.0 Å². The summed E-state index contributed by atoms with van der Waals surface area (Å²) in [6, 6.07) is 4.84. The van der Waals surface area contributed by atoms with E-state index in [9.17, 15) is 4.39 Å². The van der Waals surface area contributed by atoms with Crippen molar-refractivity contribution in [3.8, 4) is 11.3 Å². The highest BCUT2D eigenvalue weighted by Crippen LogP contribution is 2.32. The number of nitrogens with zero attached hydrogens (tertiary/aromatic N) is 1. The van der Waals surface area contributed by atoms with Gasteiger partial charge in [0.05, 0.1) is 5.56 Å². The summed E-state index contributed by atoms with van der Waals surface area (Å²) in [7, 11) is 0. The molecule has 0 fully saturated rings. The maximum Gasteiger partial charge on any atom is 0.181 e. The number of halogens is 2. The Kier molecular flexibility index (Phi) is 4.71. The van der Waals surface area contributed by atoms with E-state index in [-0.39, 0.29) is 5.82 Å². The molecule has 5 heteroatoms. The van der Waals surface area contributed by atoms with Crippen LogP contribution in [0.4, 0.5) is 4.39 Å². The molecule has 0 radical (unpaired) electrons. The number of nitrogens with one attached hydrogen (secondary N) is 1. The molecule has 1 aromatic carbocycles. The second kappa shape index (κ2) is 6.30. The van der Waals surface area contributed by atoms with Crippen LogP contribution in [-0.4, -0.2) is 11.5 Å². The number of aromatic nitrogens is 1. The zero-order valence-corrected chi connectivity index (χ0v) is 12.5. The Labute approximate surface area is 120 Å². The van der Waals surface area contributed by atoms with E-state index < -0.39 is 0 Å². The Hall–Kier alpha value is -1.20. The SMILES string of the molecule is CC(C)CNCc1ncoc1-c1c(F)cccc1Br. The van der Waals surface area contributed by atoms with Gasteiger partial charge in [-0.1, -0.05) is 19.9 Å². The first kappa shape index (κ1) is 14.2. The van der Waals surface area contributed by atoms with Gasteiger partial charge in [-0.15, -0.1) is 0 Å². The molecule has 3 nitrogen and oxygen atoms in total. The molecule has 1 heterocycles. The van der Waals surface area contributed by atoms with E-state index >= 15 is 0 Å². The minimum absolute atomic E-state index is 0.323. The molecule has 2 rings (SSSR count). The van der Waals surface area contributed by atoms with Gasteiger partial charge in [-0.25, -0.2) is 9.37 Å². The summed E-state index contributed by atoms with van der Waals surface area (Å²) in [4.78, 5) is 4.15. The smallest absolute Gasteiger partial charge is 0.181 e. The van der Waals surface area contributed by atoms with E-state index in [2.05, 4.69) is 40.1 Å². The van der Waals surface area contributed by atoms with E-state index in [1.54, 1.807) is 12.1 Å². The summed E-state index contributed by atoms with van der Waals surface area (Å²) in [5, 5.41) is 3.28. The fourth-order valence-corrected chi connectivity index (χ4v) is 2.31. The highest BCUT2D eigenvalue weighted by Gasteiger charge is 2.17. The van der Waals surface area contributed by atoms with E-state index in [1.807, 2.05) is 0 Å². The van der Waals surface area contributed by atoms with Crippen molar-refractivity contribution in [2.24, 2.45) is 5.92 Å². The van der Waals surface area contributed by atoms with Crippen molar-refractivity contribution in [3.63, 3.8) is 0 Å². The fourth-order valence-electron chi connectivity index (χ4n) is 1.79. The number of hydrogen-bond acceptors (Lipinski definition) is 3. The molecule has 0 spiro atoms. The van der Waals surface area contributed by atoms with Gasteiger partial charge in [0.1, 0.15) is 11.5 Å². The summed E-state index contributed by atoms with van der Waals surface area (Å²) in [5.74, 6) is 0.702. The predicted octanol–water partition coefficient (Wildman–Crippen LogP) is 3.99. The minimum atomic E-state index is -0.323. The summed E-state index contributed by atoms with van der Waals surface area (Å²) >= 11 is 3.35. The van der Waals surface area contributed by atoms with Crippen molar-refractivity contribution in [2.75, 3.05) is 6.54 Å². The molecule has 0 bridgehead atoms. The molecule has 0 aliphatic rings. The molecular weight excluding hydrogens is 311 g/mol. The Morgan fingerprint density at radius 2 is 2.21 bits per heavy atom. The van der Waals surface area contributed by atoms with Gasteiger partial charge >= 0.3 is 0 Å². The maximum absolute atomic E-state index is 13.9. The monoisotopic (exact) mass is 326 g/mol. The topological polar surface area (TPSA) is 38.1 Å². The van der Waals surface area contributed by atoms with Crippen LogP contribution in [0.5, 0.6) is 0 Å². The highest BCUT2D eigenvalue weighted by molar-refractivity contribution is 9.10. The van der Waals surface area contributed by atoms with Crippen molar-refractivity contribution in [2.45, 2.75) is 20.4 Å². The van der Waals surface area contributed by atoms with Gasteiger partial charge in [-0.05, 0) is 40.5 Å². The number of hydrogen-bond donors (Lipinski definition) is 1. The van der Waals surface area contributed by atoms with Gasteiger partial charge < -0.3 is 9.73 Å². The van der Waals surface area contributed by atoms with Gasteiger partial charge in [0.25, 0.3) is 0 Å². The van der Waals surface area contributed by atoms with Crippen LogP contribution in [0.2, 0.25) is 0 Å². The first-order valence-electron chi connectivity index (χ1n) is 6.17. The molecule has 102 valence electrons. The average molecular weight is 327 g/mol. The first-order chi connectivity index (χ1) is 9.09. The van der Waals surface area contributed by atoms with E-state index in [1.165, 1.54) is 12.5 Å². The van der Waals surface area contributed by atoms with Crippen LogP contribution >= 0.6 is 15.9 Å². The van der Waals surface area contributed by atoms with Crippen LogP contribution in [0.1, 0.15) is 19.5 Å². The minimum Gasteiger partial charge on any atom is -0.443 e. The van der Waals surface area contributed by atoms with Gasteiger partial charge in [0.2, 0.25) is 0 Å². The fraction of sp³-hybridized carbons (Fsp3) is 0.357. The Balaban J connectivity index is 2.24. The van der Waals surface area contributed by atoms with Crippen LogP contribution in [0, 0.1) is 11.7 Å². The van der Waals surface area contributed by atoms with Crippen molar-refractivity contribution in [3.05, 3.63) is 40.6 Å². The normalized spacial score (nSPS) is 11.2. The number of rotatable bonds is 5. The number of benzene rings is 1. The maximum atomic E-state index is 13.9. The molecule has 0 aliphatic heterocycles. The molecule has 0 amide bonds. The Morgan fingerprint density at radius 3 is 2.89 bits per heavy atom. The third-order valence-corrected chi connectivity index (χ3v) is 3.34. The third kappa shape index (κ3) is 3.42. The second-order valence-electron chi connectivity index (χ2n) is 4.75. The molecule has 19 heavy (non-hydrogen) atoms. The predicted molar refractivity (Wildman–Crippen MR) is 76.1 cm³/mol. The largest absolute Gasteiger partial charge is 0.443 e. The van der Waals surface area contributed by atoms with Crippen molar-refractivity contribution >= 4 is 15.9 Å². The van der Waals surface area contributed by atoms with E-state index in [0.717, 1.165) is 6.54 Å². The van der Waals surface area contributed by atoms with Crippen LogP contribution < -0.4 is 5.32 Å². The molecule has 0 unspecified atom stereocenters. The van der Waals surface area contributed by atoms with Crippen LogP contribution in [0.25, 0.3) is 11.3 Å². The lowest BCUT2D eigenvalue weighted by Gasteiger charge is -2.08. The number of oxazole rings is 1. The molecule has 0 aliphatic carbocycles. The lowest BCUT2D eigenvalue weighted by molar-refractivity contribution is 0.542. The van der Waals surface area contributed by atoms with Gasteiger partial charge in [-0.2, -0.15) is 0 Å².